The Balaban J connectivity index is 1.57. The number of nitrogens with one attached hydrogen (secondary N) is 2. The van der Waals surface area contributed by atoms with Crippen LogP contribution in [0.4, 0.5) is 16.2 Å². The standard InChI is InChI=1S/C17H20N4O4/c22-17(19-13-5-7-14(8-6-13)21(23)24)18-12-15(16-4-3-11-25-16)20-9-1-2-10-20/h3-8,11,15H,1-2,9-10,12H2,(H2,18,19,22)/t15-/m0/s1. The quantitative estimate of drug-likeness (QED) is 0.619. The second-order valence-electron chi connectivity index (χ2n) is 5.91. The number of carbonyl (C=O) groups is 1. The van der Waals surface area contributed by atoms with E-state index in [2.05, 4.69) is 15.5 Å². The molecule has 1 aromatic heterocycles. The van der Waals surface area contributed by atoms with Gasteiger partial charge in [0.05, 0.1) is 17.2 Å². The lowest BCUT2D eigenvalue weighted by Gasteiger charge is -2.26. The van der Waals surface area contributed by atoms with Gasteiger partial charge in [0.15, 0.2) is 0 Å². The molecule has 2 amide bonds. The molecule has 8 nitrogen and oxygen atoms in total. The maximum absolute atomic E-state index is 12.1. The second kappa shape index (κ2) is 7.80. The molecule has 1 aromatic carbocycles. The number of non-ortho nitro benzene ring substituents is 1. The summed E-state index contributed by atoms with van der Waals surface area (Å²) in [5.41, 5.74) is 0.483. The van der Waals surface area contributed by atoms with Crippen LogP contribution in [0.2, 0.25) is 0 Å². The number of anilines is 1. The van der Waals surface area contributed by atoms with Crippen molar-refractivity contribution >= 4 is 17.4 Å². The number of hydrogen-bond acceptors (Lipinski definition) is 5. The lowest BCUT2D eigenvalue weighted by atomic mass is 10.2. The summed E-state index contributed by atoms with van der Waals surface area (Å²) in [6.07, 6.45) is 3.92. The molecule has 8 heteroatoms. The summed E-state index contributed by atoms with van der Waals surface area (Å²) in [5, 5.41) is 16.2. The van der Waals surface area contributed by atoms with E-state index in [1.165, 1.54) is 24.3 Å². The number of furan rings is 1. The summed E-state index contributed by atoms with van der Waals surface area (Å²) in [7, 11) is 0. The van der Waals surface area contributed by atoms with E-state index in [1.54, 1.807) is 6.26 Å². The van der Waals surface area contributed by atoms with Crippen LogP contribution < -0.4 is 10.6 Å². The highest BCUT2D eigenvalue weighted by Gasteiger charge is 2.25. The van der Waals surface area contributed by atoms with Gasteiger partial charge in [0.25, 0.3) is 5.69 Å². The zero-order chi connectivity index (χ0) is 17.6. The number of urea groups is 1. The first-order valence-electron chi connectivity index (χ1n) is 8.20. The second-order valence-corrected chi connectivity index (χ2v) is 5.91. The molecule has 2 aromatic rings. The number of nitro groups is 1. The Labute approximate surface area is 145 Å². The molecular weight excluding hydrogens is 324 g/mol. The predicted molar refractivity (Wildman–Crippen MR) is 92.4 cm³/mol. The summed E-state index contributed by atoms with van der Waals surface area (Å²) in [5.74, 6) is 0.831. The normalized spacial score (nSPS) is 15.7. The summed E-state index contributed by atoms with van der Waals surface area (Å²) in [6.45, 7) is 2.39. The minimum Gasteiger partial charge on any atom is -0.468 e. The molecule has 2 N–H and O–H groups in total. The van der Waals surface area contributed by atoms with Crippen molar-refractivity contribution in [1.82, 2.24) is 10.2 Å². The van der Waals surface area contributed by atoms with Crippen LogP contribution in [-0.2, 0) is 0 Å². The van der Waals surface area contributed by atoms with Gasteiger partial charge in [-0.1, -0.05) is 0 Å². The monoisotopic (exact) mass is 344 g/mol. The highest BCUT2D eigenvalue weighted by Crippen LogP contribution is 2.25. The zero-order valence-corrected chi connectivity index (χ0v) is 13.7. The summed E-state index contributed by atoms with van der Waals surface area (Å²) >= 11 is 0. The van der Waals surface area contributed by atoms with Gasteiger partial charge >= 0.3 is 6.03 Å². The molecule has 0 unspecified atom stereocenters. The number of hydrogen-bond donors (Lipinski definition) is 2. The number of amides is 2. The lowest BCUT2D eigenvalue weighted by Crippen LogP contribution is -2.38. The van der Waals surface area contributed by atoms with Gasteiger partial charge in [-0.3, -0.25) is 15.0 Å². The van der Waals surface area contributed by atoms with Gasteiger partial charge in [0.2, 0.25) is 0 Å². The number of nitro benzene ring substituents is 1. The highest BCUT2D eigenvalue weighted by molar-refractivity contribution is 5.89. The molecule has 3 rings (SSSR count). The number of rotatable bonds is 6. The van der Waals surface area contributed by atoms with Crippen molar-refractivity contribution in [2.24, 2.45) is 0 Å². The summed E-state index contributed by atoms with van der Waals surface area (Å²) < 4.78 is 5.52. The predicted octanol–water partition coefficient (Wildman–Crippen LogP) is 3.15. The molecule has 0 radical (unpaired) electrons. The van der Waals surface area contributed by atoms with E-state index in [-0.39, 0.29) is 17.8 Å². The minimum atomic E-state index is -0.478. The van der Waals surface area contributed by atoms with Crippen molar-refractivity contribution in [1.29, 1.82) is 0 Å². The Bertz CT molecular complexity index is 709. The molecule has 1 atom stereocenters. The van der Waals surface area contributed by atoms with Gasteiger partial charge in [-0.05, 0) is 50.2 Å². The first-order valence-corrected chi connectivity index (χ1v) is 8.20. The van der Waals surface area contributed by atoms with Crippen molar-refractivity contribution in [2.75, 3.05) is 25.0 Å². The molecule has 25 heavy (non-hydrogen) atoms. The Morgan fingerprint density at radius 1 is 1.24 bits per heavy atom. The topological polar surface area (TPSA) is 101 Å². The Morgan fingerprint density at radius 3 is 2.56 bits per heavy atom. The van der Waals surface area contributed by atoms with E-state index in [0.29, 0.717) is 12.2 Å². The van der Waals surface area contributed by atoms with Crippen LogP contribution in [0.1, 0.15) is 24.6 Å². The van der Waals surface area contributed by atoms with Gasteiger partial charge in [-0.25, -0.2) is 4.79 Å². The molecule has 0 saturated carbocycles. The number of carbonyl (C=O) groups excluding carboxylic acids is 1. The first kappa shape index (κ1) is 17.0. The average molecular weight is 344 g/mol. The summed E-state index contributed by atoms with van der Waals surface area (Å²) in [6, 6.07) is 9.11. The zero-order valence-electron chi connectivity index (χ0n) is 13.7. The van der Waals surface area contributed by atoms with E-state index in [1.807, 2.05) is 12.1 Å². The maximum Gasteiger partial charge on any atom is 0.319 e. The van der Waals surface area contributed by atoms with Crippen LogP contribution in [0.25, 0.3) is 0 Å². The minimum absolute atomic E-state index is 0.000103. The van der Waals surface area contributed by atoms with Gasteiger partial charge in [-0.2, -0.15) is 0 Å². The van der Waals surface area contributed by atoms with Gasteiger partial charge in [0.1, 0.15) is 5.76 Å². The Morgan fingerprint density at radius 2 is 1.96 bits per heavy atom. The fourth-order valence-electron chi connectivity index (χ4n) is 2.97. The maximum atomic E-state index is 12.1. The fraction of sp³-hybridized carbons (Fsp3) is 0.353. The van der Waals surface area contributed by atoms with Crippen LogP contribution in [0.15, 0.2) is 47.1 Å². The highest BCUT2D eigenvalue weighted by atomic mass is 16.6. The number of benzene rings is 1. The average Bonchev–Trinajstić information content (AvgIpc) is 3.29. The van der Waals surface area contributed by atoms with E-state index in [0.717, 1.165) is 31.7 Å². The van der Waals surface area contributed by atoms with Crippen molar-refractivity contribution < 1.29 is 14.1 Å². The molecule has 0 bridgehead atoms. The van der Waals surface area contributed by atoms with Crippen LogP contribution in [0.3, 0.4) is 0 Å². The number of likely N-dealkylation sites (tertiary alicyclic amines) is 1. The molecule has 0 aliphatic carbocycles. The van der Waals surface area contributed by atoms with E-state index in [4.69, 9.17) is 4.42 Å². The number of nitrogens with zero attached hydrogens (tertiary/aromatic N) is 2. The molecular formula is C17H20N4O4. The van der Waals surface area contributed by atoms with E-state index in [9.17, 15) is 14.9 Å². The SMILES string of the molecule is O=C(NC[C@@H](c1ccco1)N1CCCC1)Nc1ccc([N+](=O)[O-])cc1. The molecule has 1 saturated heterocycles. The van der Waals surface area contributed by atoms with Gasteiger partial charge < -0.3 is 15.1 Å². The first-order chi connectivity index (χ1) is 12.1. The van der Waals surface area contributed by atoms with Crippen LogP contribution >= 0.6 is 0 Å². The molecule has 1 aliphatic rings. The van der Waals surface area contributed by atoms with Crippen LogP contribution in [-0.4, -0.2) is 35.5 Å². The third kappa shape index (κ3) is 4.36. The molecule has 1 fully saturated rings. The van der Waals surface area contributed by atoms with Gasteiger partial charge in [0, 0.05) is 24.4 Å². The third-order valence-corrected chi connectivity index (χ3v) is 4.24. The van der Waals surface area contributed by atoms with E-state index >= 15 is 0 Å². The van der Waals surface area contributed by atoms with Crippen molar-refractivity contribution in [3.63, 3.8) is 0 Å². The van der Waals surface area contributed by atoms with Crippen LogP contribution in [0.5, 0.6) is 0 Å². The molecule has 1 aliphatic heterocycles. The summed E-state index contributed by atoms with van der Waals surface area (Å²) in [4.78, 5) is 24.6. The molecule has 2 heterocycles. The largest absolute Gasteiger partial charge is 0.468 e. The van der Waals surface area contributed by atoms with Crippen molar-refractivity contribution in [3.8, 4) is 0 Å². The van der Waals surface area contributed by atoms with Gasteiger partial charge in [-0.15, -0.1) is 0 Å². The van der Waals surface area contributed by atoms with Crippen molar-refractivity contribution in [2.45, 2.75) is 18.9 Å². The lowest BCUT2D eigenvalue weighted by molar-refractivity contribution is -0.384. The van der Waals surface area contributed by atoms with Crippen LogP contribution in [0, 0.1) is 10.1 Å². The fourth-order valence-corrected chi connectivity index (χ4v) is 2.97. The van der Waals surface area contributed by atoms with E-state index < -0.39 is 4.92 Å². The third-order valence-electron chi connectivity index (χ3n) is 4.24. The smallest absolute Gasteiger partial charge is 0.319 e. The van der Waals surface area contributed by atoms with Crippen molar-refractivity contribution in [3.05, 3.63) is 58.5 Å². The Kier molecular flexibility index (Phi) is 5.30. The molecule has 0 spiro atoms. The molecule has 132 valence electrons. The Hall–Kier alpha value is -2.87.